The van der Waals surface area contributed by atoms with E-state index in [0.29, 0.717) is 48.5 Å². The standard InChI is InChI=1S/C24H25N3O7S/c1-31-22(29)15-7-8-16(23(30)32-2)17(13-15)25-24(35)27-11-9-26(10-12-27)21(28)20-14-33-18-5-3-4-6-19(18)34-20/h3-8,13,20H,9-12,14H2,1-2H3,(H,25,35). The number of carbonyl (C=O) groups excluding carboxylic acids is 3. The third kappa shape index (κ3) is 5.29. The molecular weight excluding hydrogens is 474 g/mol. The van der Waals surface area contributed by atoms with Crippen molar-refractivity contribution in [3.8, 4) is 11.5 Å². The van der Waals surface area contributed by atoms with Gasteiger partial charge in [0.25, 0.3) is 5.91 Å². The van der Waals surface area contributed by atoms with E-state index in [1.807, 2.05) is 17.0 Å². The highest BCUT2D eigenvalue weighted by Crippen LogP contribution is 2.31. The van der Waals surface area contributed by atoms with Gasteiger partial charge in [0.2, 0.25) is 6.10 Å². The van der Waals surface area contributed by atoms with Crippen LogP contribution >= 0.6 is 12.2 Å². The molecule has 0 spiro atoms. The van der Waals surface area contributed by atoms with Gasteiger partial charge in [-0.15, -0.1) is 0 Å². The number of benzene rings is 2. The van der Waals surface area contributed by atoms with Crippen LogP contribution in [0.5, 0.6) is 11.5 Å². The number of nitrogens with zero attached hydrogens (tertiary/aromatic N) is 2. The van der Waals surface area contributed by atoms with Crippen molar-refractivity contribution in [3.63, 3.8) is 0 Å². The number of para-hydroxylation sites is 2. The van der Waals surface area contributed by atoms with Crippen molar-refractivity contribution in [1.29, 1.82) is 0 Å². The molecule has 0 bridgehead atoms. The lowest BCUT2D eigenvalue weighted by atomic mass is 10.1. The topological polar surface area (TPSA) is 107 Å². The van der Waals surface area contributed by atoms with Gasteiger partial charge in [0.15, 0.2) is 16.6 Å². The van der Waals surface area contributed by atoms with Gasteiger partial charge in [-0.05, 0) is 42.5 Å². The molecule has 11 heteroatoms. The number of carbonyl (C=O) groups is 3. The molecule has 2 aromatic rings. The van der Waals surface area contributed by atoms with Crippen molar-refractivity contribution in [2.75, 3.05) is 52.3 Å². The number of esters is 2. The molecule has 0 aromatic heterocycles. The van der Waals surface area contributed by atoms with E-state index in [2.05, 4.69) is 5.32 Å². The third-order valence-electron chi connectivity index (χ3n) is 5.75. The molecule has 4 rings (SSSR count). The highest BCUT2D eigenvalue weighted by Gasteiger charge is 2.33. The summed E-state index contributed by atoms with van der Waals surface area (Å²) >= 11 is 5.55. The number of amides is 1. The van der Waals surface area contributed by atoms with Crippen LogP contribution in [0.2, 0.25) is 0 Å². The molecule has 1 saturated heterocycles. The minimum absolute atomic E-state index is 0.142. The molecule has 2 aliphatic rings. The molecule has 1 fully saturated rings. The number of thiocarbonyl (C=S) groups is 1. The minimum atomic E-state index is -0.704. The molecule has 35 heavy (non-hydrogen) atoms. The van der Waals surface area contributed by atoms with Gasteiger partial charge in [0.05, 0.1) is 31.0 Å². The Hall–Kier alpha value is -3.86. The van der Waals surface area contributed by atoms with Crippen LogP contribution in [-0.2, 0) is 14.3 Å². The smallest absolute Gasteiger partial charge is 0.339 e. The summed E-state index contributed by atoms with van der Waals surface area (Å²) in [4.78, 5) is 40.7. The molecule has 2 aliphatic heterocycles. The number of anilines is 1. The Morgan fingerprint density at radius 3 is 2.29 bits per heavy atom. The number of fused-ring (bicyclic) bond motifs is 1. The monoisotopic (exact) mass is 499 g/mol. The summed E-state index contributed by atoms with van der Waals surface area (Å²) < 4.78 is 21.1. The molecule has 1 amide bonds. The maximum absolute atomic E-state index is 13.0. The highest BCUT2D eigenvalue weighted by atomic mass is 32.1. The lowest BCUT2D eigenvalue weighted by Crippen LogP contribution is -2.55. The number of hydrogen-bond acceptors (Lipinski definition) is 8. The van der Waals surface area contributed by atoms with E-state index in [9.17, 15) is 14.4 Å². The van der Waals surface area contributed by atoms with E-state index in [1.165, 1.54) is 32.4 Å². The first-order valence-electron chi connectivity index (χ1n) is 10.9. The van der Waals surface area contributed by atoms with E-state index in [4.69, 9.17) is 31.2 Å². The first-order valence-corrected chi connectivity index (χ1v) is 11.4. The lowest BCUT2D eigenvalue weighted by molar-refractivity contribution is -0.142. The summed E-state index contributed by atoms with van der Waals surface area (Å²) in [6, 6.07) is 11.7. The van der Waals surface area contributed by atoms with Crippen LogP contribution in [0.4, 0.5) is 5.69 Å². The second-order valence-electron chi connectivity index (χ2n) is 7.85. The summed E-state index contributed by atoms with van der Waals surface area (Å²) in [5, 5.41) is 3.39. The Morgan fingerprint density at radius 1 is 0.943 bits per heavy atom. The number of methoxy groups -OCH3 is 2. The van der Waals surface area contributed by atoms with Gasteiger partial charge in [-0.2, -0.15) is 0 Å². The van der Waals surface area contributed by atoms with Gasteiger partial charge in [-0.1, -0.05) is 12.1 Å². The van der Waals surface area contributed by atoms with Crippen LogP contribution in [0.3, 0.4) is 0 Å². The Balaban J connectivity index is 1.38. The molecule has 1 atom stereocenters. The van der Waals surface area contributed by atoms with Gasteiger partial charge in [0, 0.05) is 26.2 Å². The first-order chi connectivity index (χ1) is 16.9. The summed E-state index contributed by atoms with van der Waals surface area (Å²) in [5.74, 6) is -0.0775. The largest absolute Gasteiger partial charge is 0.485 e. The summed E-state index contributed by atoms with van der Waals surface area (Å²) in [7, 11) is 2.55. The zero-order valence-electron chi connectivity index (χ0n) is 19.3. The van der Waals surface area contributed by atoms with Crippen LogP contribution in [0.25, 0.3) is 0 Å². The van der Waals surface area contributed by atoms with E-state index < -0.39 is 18.0 Å². The fraction of sp³-hybridized carbons (Fsp3) is 0.333. The SMILES string of the molecule is COC(=O)c1ccc(C(=O)OC)c(NC(=S)N2CCN(C(=O)C3COc4ccccc4O3)CC2)c1. The molecule has 1 unspecified atom stereocenters. The number of hydrogen-bond donors (Lipinski definition) is 1. The Kier molecular flexibility index (Phi) is 7.35. The minimum Gasteiger partial charge on any atom is -0.485 e. The zero-order valence-corrected chi connectivity index (χ0v) is 20.1. The van der Waals surface area contributed by atoms with Gasteiger partial charge in [-0.25, -0.2) is 9.59 Å². The summed E-state index contributed by atoms with van der Waals surface area (Å²) in [6.45, 7) is 1.99. The molecule has 1 N–H and O–H groups in total. The zero-order chi connectivity index (χ0) is 24.9. The Bertz CT molecular complexity index is 1150. The van der Waals surface area contributed by atoms with Crippen LogP contribution in [0.15, 0.2) is 42.5 Å². The molecular formula is C24H25N3O7S. The Morgan fingerprint density at radius 2 is 1.60 bits per heavy atom. The predicted molar refractivity (Wildman–Crippen MR) is 130 cm³/mol. The lowest BCUT2D eigenvalue weighted by Gasteiger charge is -2.38. The van der Waals surface area contributed by atoms with Crippen molar-refractivity contribution in [2.45, 2.75) is 6.10 Å². The third-order valence-corrected chi connectivity index (χ3v) is 6.11. The summed E-state index contributed by atoms with van der Waals surface area (Å²) in [6.07, 6.45) is -0.704. The van der Waals surface area contributed by atoms with Gasteiger partial charge < -0.3 is 34.1 Å². The molecule has 0 saturated carbocycles. The van der Waals surface area contributed by atoms with Crippen molar-refractivity contribution in [2.24, 2.45) is 0 Å². The van der Waals surface area contributed by atoms with Crippen LogP contribution in [0, 0.1) is 0 Å². The van der Waals surface area contributed by atoms with E-state index in [1.54, 1.807) is 17.0 Å². The van der Waals surface area contributed by atoms with Crippen molar-refractivity contribution >= 4 is 40.9 Å². The molecule has 0 radical (unpaired) electrons. The normalized spacial score (nSPS) is 16.8. The molecule has 184 valence electrons. The predicted octanol–water partition coefficient (Wildman–Crippen LogP) is 1.94. The van der Waals surface area contributed by atoms with Crippen LogP contribution in [0.1, 0.15) is 20.7 Å². The van der Waals surface area contributed by atoms with Crippen molar-refractivity contribution < 1.29 is 33.3 Å². The summed E-state index contributed by atoms with van der Waals surface area (Å²) in [5.41, 5.74) is 0.817. The van der Waals surface area contributed by atoms with Crippen LogP contribution < -0.4 is 14.8 Å². The first kappa shape index (κ1) is 24.3. The number of nitrogens with one attached hydrogen (secondary N) is 1. The van der Waals surface area contributed by atoms with Crippen molar-refractivity contribution in [1.82, 2.24) is 9.80 Å². The van der Waals surface area contributed by atoms with E-state index in [-0.39, 0.29) is 23.6 Å². The van der Waals surface area contributed by atoms with Gasteiger partial charge in [-0.3, -0.25) is 4.79 Å². The fourth-order valence-corrected chi connectivity index (χ4v) is 4.14. The Labute approximate surface area is 207 Å². The van der Waals surface area contributed by atoms with Gasteiger partial charge in [0.1, 0.15) is 6.61 Å². The number of ether oxygens (including phenoxy) is 4. The second-order valence-corrected chi connectivity index (χ2v) is 8.24. The number of rotatable bonds is 4. The van der Waals surface area contributed by atoms with Gasteiger partial charge >= 0.3 is 11.9 Å². The van der Waals surface area contributed by atoms with E-state index >= 15 is 0 Å². The van der Waals surface area contributed by atoms with E-state index in [0.717, 1.165) is 0 Å². The molecule has 2 aromatic carbocycles. The maximum Gasteiger partial charge on any atom is 0.339 e. The maximum atomic E-state index is 13.0. The van der Waals surface area contributed by atoms with Crippen molar-refractivity contribution in [3.05, 3.63) is 53.6 Å². The van der Waals surface area contributed by atoms with Crippen LogP contribution in [-0.4, -0.2) is 85.9 Å². The fourth-order valence-electron chi connectivity index (χ4n) is 3.85. The second kappa shape index (κ2) is 10.6. The average Bonchev–Trinajstić information content (AvgIpc) is 2.91. The molecule has 10 nitrogen and oxygen atoms in total. The highest BCUT2D eigenvalue weighted by molar-refractivity contribution is 7.80. The molecule has 2 heterocycles. The quantitative estimate of drug-likeness (QED) is 0.495. The molecule has 0 aliphatic carbocycles. The average molecular weight is 500 g/mol. The number of piperazine rings is 1.